The summed E-state index contributed by atoms with van der Waals surface area (Å²) in [4.78, 5) is 4.59. The first kappa shape index (κ1) is 9.66. The Morgan fingerprint density at radius 2 is 2.31 bits per heavy atom. The van der Waals surface area contributed by atoms with E-state index in [1.807, 2.05) is 16.7 Å². The normalized spacial score (nSPS) is 21.4. The van der Waals surface area contributed by atoms with Gasteiger partial charge < -0.3 is 14.8 Å². The summed E-state index contributed by atoms with van der Waals surface area (Å²) < 4.78 is 1.89. The van der Waals surface area contributed by atoms with Gasteiger partial charge in [0, 0.05) is 18.7 Å². The molecular formula is C12H15N3O. The summed E-state index contributed by atoms with van der Waals surface area (Å²) in [5.41, 5.74) is 2.02. The molecule has 0 aromatic carbocycles. The van der Waals surface area contributed by atoms with Crippen LogP contribution in [0.3, 0.4) is 0 Å². The number of hydrogen-bond acceptors (Lipinski definition) is 3. The summed E-state index contributed by atoms with van der Waals surface area (Å²) in [7, 11) is 0. The van der Waals surface area contributed by atoms with Crippen molar-refractivity contribution in [2.75, 3.05) is 13.1 Å². The second kappa shape index (κ2) is 3.79. The van der Waals surface area contributed by atoms with Crippen molar-refractivity contribution in [3.05, 3.63) is 30.2 Å². The first-order valence-corrected chi connectivity index (χ1v) is 5.71. The molecule has 2 aromatic rings. The minimum atomic E-state index is 0.276. The average molecular weight is 217 g/mol. The van der Waals surface area contributed by atoms with Crippen molar-refractivity contribution in [2.45, 2.75) is 18.8 Å². The molecule has 0 bridgehead atoms. The predicted octanol–water partition coefficient (Wildman–Crippen LogP) is 1.51. The van der Waals surface area contributed by atoms with Crippen LogP contribution >= 0.6 is 0 Å². The summed E-state index contributed by atoms with van der Waals surface area (Å²) >= 11 is 0. The Kier molecular flexibility index (Phi) is 2.29. The smallest absolute Gasteiger partial charge is 0.137 e. The molecule has 84 valence electrons. The molecule has 0 amide bonds. The molecule has 1 saturated heterocycles. The lowest BCUT2D eigenvalue weighted by Crippen LogP contribution is -2.28. The van der Waals surface area contributed by atoms with Gasteiger partial charge in [-0.2, -0.15) is 0 Å². The summed E-state index contributed by atoms with van der Waals surface area (Å²) in [5.74, 6) is 0.786. The monoisotopic (exact) mass is 217 g/mol. The zero-order valence-corrected chi connectivity index (χ0v) is 9.06. The third kappa shape index (κ3) is 1.65. The van der Waals surface area contributed by atoms with E-state index in [0.29, 0.717) is 5.92 Å². The van der Waals surface area contributed by atoms with E-state index >= 15 is 0 Å². The van der Waals surface area contributed by atoms with E-state index in [0.717, 1.165) is 24.4 Å². The Bertz CT molecular complexity index is 500. The van der Waals surface area contributed by atoms with Gasteiger partial charge in [-0.25, -0.2) is 4.98 Å². The van der Waals surface area contributed by atoms with Crippen LogP contribution in [-0.2, 0) is 0 Å². The van der Waals surface area contributed by atoms with Crippen LogP contribution in [0, 0.1) is 0 Å². The third-order valence-electron chi connectivity index (χ3n) is 3.17. The lowest BCUT2D eigenvalue weighted by molar-refractivity contribution is 0.456. The van der Waals surface area contributed by atoms with Crippen LogP contribution in [-0.4, -0.2) is 27.6 Å². The van der Waals surface area contributed by atoms with E-state index in [4.69, 9.17) is 0 Å². The highest BCUT2D eigenvalue weighted by Crippen LogP contribution is 2.23. The van der Waals surface area contributed by atoms with Gasteiger partial charge in [0.25, 0.3) is 0 Å². The molecule has 4 heteroatoms. The minimum Gasteiger partial charge on any atom is -0.506 e. The van der Waals surface area contributed by atoms with Gasteiger partial charge in [0.05, 0.1) is 11.9 Å². The number of imidazole rings is 1. The summed E-state index contributed by atoms with van der Waals surface area (Å²) in [5, 5.41) is 12.8. The Hall–Kier alpha value is -1.55. The third-order valence-corrected chi connectivity index (χ3v) is 3.17. The molecule has 2 N–H and O–H groups in total. The number of piperidine rings is 1. The fourth-order valence-corrected chi connectivity index (χ4v) is 2.30. The standard InChI is InChI=1S/C12H15N3O/c16-10-3-4-12-14-11(8-15(12)7-10)9-2-1-5-13-6-9/h3-4,7-9,13,16H,1-2,5-6H2. The molecule has 1 unspecified atom stereocenters. The molecule has 0 spiro atoms. The fourth-order valence-electron chi connectivity index (χ4n) is 2.30. The number of pyridine rings is 1. The fraction of sp³-hybridized carbons (Fsp3) is 0.417. The van der Waals surface area contributed by atoms with Crippen molar-refractivity contribution in [1.82, 2.24) is 14.7 Å². The van der Waals surface area contributed by atoms with Crippen molar-refractivity contribution < 1.29 is 5.11 Å². The number of aromatic nitrogens is 2. The molecule has 0 aliphatic carbocycles. The van der Waals surface area contributed by atoms with Gasteiger partial charge in [0.2, 0.25) is 0 Å². The molecule has 3 heterocycles. The maximum Gasteiger partial charge on any atom is 0.137 e. The topological polar surface area (TPSA) is 49.6 Å². The molecule has 1 aliphatic heterocycles. The van der Waals surface area contributed by atoms with E-state index < -0.39 is 0 Å². The molecular weight excluding hydrogens is 202 g/mol. The van der Waals surface area contributed by atoms with E-state index in [1.54, 1.807) is 12.3 Å². The van der Waals surface area contributed by atoms with Crippen molar-refractivity contribution in [3.63, 3.8) is 0 Å². The van der Waals surface area contributed by atoms with Crippen molar-refractivity contribution in [3.8, 4) is 5.75 Å². The second-order valence-electron chi connectivity index (χ2n) is 4.36. The molecule has 1 fully saturated rings. The van der Waals surface area contributed by atoms with Gasteiger partial charge in [0.1, 0.15) is 11.4 Å². The lowest BCUT2D eigenvalue weighted by atomic mass is 9.97. The Labute approximate surface area is 93.9 Å². The summed E-state index contributed by atoms with van der Waals surface area (Å²) in [6, 6.07) is 3.51. The molecule has 4 nitrogen and oxygen atoms in total. The maximum absolute atomic E-state index is 9.39. The zero-order valence-electron chi connectivity index (χ0n) is 9.06. The van der Waals surface area contributed by atoms with Gasteiger partial charge >= 0.3 is 0 Å². The van der Waals surface area contributed by atoms with Gasteiger partial charge in [-0.3, -0.25) is 0 Å². The SMILES string of the molecule is Oc1ccc2nc(C3CCCNC3)cn2c1. The van der Waals surface area contributed by atoms with Crippen LogP contribution in [0.25, 0.3) is 5.65 Å². The van der Waals surface area contributed by atoms with E-state index in [9.17, 15) is 5.11 Å². The Balaban J connectivity index is 1.97. The van der Waals surface area contributed by atoms with Gasteiger partial charge in [-0.15, -0.1) is 0 Å². The molecule has 1 aliphatic rings. The lowest BCUT2D eigenvalue weighted by Gasteiger charge is -2.20. The van der Waals surface area contributed by atoms with Crippen molar-refractivity contribution in [2.24, 2.45) is 0 Å². The Morgan fingerprint density at radius 1 is 1.38 bits per heavy atom. The number of nitrogens with zero attached hydrogens (tertiary/aromatic N) is 2. The summed E-state index contributed by atoms with van der Waals surface area (Å²) in [6.07, 6.45) is 6.13. The molecule has 0 saturated carbocycles. The van der Waals surface area contributed by atoms with Crippen molar-refractivity contribution in [1.29, 1.82) is 0 Å². The molecule has 16 heavy (non-hydrogen) atoms. The highest BCUT2D eigenvalue weighted by molar-refractivity contribution is 5.43. The van der Waals surface area contributed by atoms with Crippen LogP contribution < -0.4 is 5.32 Å². The highest BCUT2D eigenvalue weighted by Gasteiger charge is 2.17. The van der Waals surface area contributed by atoms with E-state index in [1.165, 1.54) is 12.8 Å². The van der Waals surface area contributed by atoms with E-state index in [2.05, 4.69) is 10.3 Å². The average Bonchev–Trinajstić information content (AvgIpc) is 2.73. The number of fused-ring (bicyclic) bond motifs is 1. The predicted molar refractivity (Wildman–Crippen MR) is 61.7 cm³/mol. The molecule has 3 rings (SSSR count). The Morgan fingerprint density at radius 3 is 3.12 bits per heavy atom. The van der Waals surface area contributed by atoms with Crippen LogP contribution in [0.5, 0.6) is 5.75 Å². The zero-order chi connectivity index (χ0) is 11.0. The van der Waals surface area contributed by atoms with Crippen molar-refractivity contribution >= 4 is 5.65 Å². The quantitative estimate of drug-likeness (QED) is 0.761. The molecule has 1 atom stereocenters. The molecule has 2 aromatic heterocycles. The van der Waals surface area contributed by atoms with Crippen LogP contribution in [0.1, 0.15) is 24.5 Å². The van der Waals surface area contributed by atoms with Gasteiger partial charge in [-0.1, -0.05) is 0 Å². The minimum absolute atomic E-state index is 0.276. The van der Waals surface area contributed by atoms with Crippen LogP contribution in [0.15, 0.2) is 24.5 Å². The second-order valence-corrected chi connectivity index (χ2v) is 4.36. The number of nitrogens with one attached hydrogen (secondary N) is 1. The first-order chi connectivity index (χ1) is 7.83. The van der Waals surface area contributed by atoms with Gasteiger partial charge in [0.15, 0.2) is 0 Å². The number of aromatic hydroxyl groups is 1. The maximum atomic E-state index is 9.39. The highest BCUT2D eigenvalue weighted by atomic mass is 16.3. The molecule has 0 radical (unpaired) electrons. The first-order valence-electron chi connectivity index (χ1n) is 5.71. The number of rotatable bonds is 1. The van der Waals surface area contributed by atoms with Gasteiger partial charge in [-0.05, 0) is 31.5 Å². The van der Waals surface area contributed by atoms with E-state index in [-0.39, 0.29) is 5.75 Å². The largest absolute Gasteiger partial charge is 0.506 e. The number of hydrogen-bond donors (Lipinski definition) is 2. The van der Waals surface area contributed by atoms with Crippen LogP contribution in [0.2, 0.25) is 0 Å². The summed E-state index contributed by atoms with van der Waals surface area (Å²) in [6.45, 7) is 2.13. The van der Waals surface area contributed by atoms with Crippen LogP contribution in [0.4, 0.5) is 0 Å².